The van der Waals surface area contributed by atoms with E-state index in [2.05, 4.69) is 4.72 Å². The molecule has 0 aromatic rings. The normalized spacial score (nSPS) is 19.9. The molecule has 0 bridgehead atoms. The zero-order valence-corrected chi connectivity index (χ0v) is 11.4. The molecule has 0 aromatic heterocycles. The number of aliphatic carboxylic acids is 1. The van der Waals surface area contributed by atoms with Crippen LogP contribution in [0.3, 0.4) is 0 Å². The summed E-state index contributed by atoms with van der Waals surface area (Å²) in [7, 11) is -3.64. The SMILES string of the molecule is CC(C)(O)CNS(=O)(=O)N1CCC(C(=O)O)CC1. The van der Waals surface area contributed by atoms with Crippen LogP contribution in [0.5, 0.6) is 0 Å². The minimum atomic E-state index is -3.64. The number of carboxylic acids is 1. The Bertz CT molecular complexity index is 393. The van der Waals surface area contributed by atoms with Gasteiger partial charge in [-0.2, -0.15) is 17.4 Å². The first-order valence-electron chi connectivity index (χ1n) is 5.82. The molecule has 8 heteroatoms. The van der Waals surface area contributed by atoms with Crippen LogP contribution in [-0.4, -0.2) is 54.1 Å². The summed E-state index contributed by atoms with van der Waals surface area (Å²) in [6.07, 6.45) is 0.636. The van der Waals surface area contributed by atoms with Gasteiger partial charge in [-0.15, -0.1) is 0 Å². The van der Waals surface area contributed by atoms with Crippen molar-refractivity contribution in [2.24, 2.45) is 5.92 Å². The number of hydrogen-bond donors (Lipinski definition) is 3. The second kappa shape index (κ2) is 5.52. The van der Waals surface area contributed by atoms with Gasteiger partial charge in [-0.25, -0.2) is 0 Å². The van der Waals surface area contributed by atoms with Gasteiger partial charge in [0.15, 0.2) is 0 Å². The van der Waals surface area contributed by atoms with Crippen LogP contribution in [-0.2, 0) is 15.0 Å². The topological polar surface area (TPSA) is 107 Å². The number of rotatable bonds is 5. The summed E-state index contributed by atoms with van der Waals surface area (Å²) in [4.78, 5) is 10.8. The van der Waals surface area contributed by atoms with Crippen LogP contribution >= 0.6 is 0 Å². The molecule has 0 aromatic carbocycles. The molecule has 18 heavy (non-hydrogen) atoms. The third-order valence-electron chi connectivity index (χ3n) is 2.83. The van der Waals surface area contributed by atoms with Gasteiger partial charge < -0.3 is 10.2 Å². The first-order chi connectivity index (χ1) is 8.12. The Labute approximate surface area is 107 Å². The van der Waals surface area contributed by atoms with E-state index < -0.39 is 27.7 Å². The lowest BCUT2D eigenvalue weighted by molar-refractivity contribution is -0.142. The molecule has 0 spiro atoms. The molecule has 3 N–H and O–H groups in total. The summed E-state index contributed by atoms with van der Waals surface area (Å²) >= 11 is 0. The summed E-state index contributed by atoms with van der Waals surface area (Å²) in [6, 6.07) is 0. The number of hydrogen-bond acceptors (Lipinski definition) is 4. The molecule has 7 nitrogen and oxygen atoms in total. The van der Waals surface area contributed by atoms with Gasteiger partial charge in [0.25, 0.3) is 10.2 Å². The number of piperidine rings is 1. The van der Waals surface area contributed by atoms with Crippen molar-refractivity contribution in [3.8, 4) is 0 Å². The van der Waals surface area contributed by atoms with Crippen LogP contribution in [0.2, 0.25) is 0 Å². The maximum Gasteiger partial charge on any atom is 0.306 e. The fraction of sp³-hybridized carbons (Fsp3) is 0.900. The zero-order valence-electron chi connectivity index (χ0n) is 10.6. The van der Waals surface area contributed by atoms with Gasteiger partial charge in [0.05, 0.1) is 11.5 Å². The van der Waals surface area contributed by atoms with Gasteiger partial charge in [0.2, 0.25) is 0 Å². The number of carboxylic acid groups (broad SMARTS) is 1. The molecule has 1 rings (SSSR count). The van der Waals surface area contributed by atoms with E-state index in [0.29, 0.717) is 12.8 Å². The smallest absolute Gasteiger partial charge is 0.306 e. The number of aliphatic hydroxyl groups is 1. The van der Waals surface area contributed by atoms with E-state index in [-0.39, 0.29) is 19.6 Å². The second-order valence-electron chi connectivity index (χ2n) is 5.15. The standard InChI is InChI=1S/C10H20N2O5S/c1-10(2,15)7-11-18(16,17)12-5-3-8(4-6-12)9(13)14/h8,11,15H,3-7H2,1-2H3,(H,13,14). The van der Waals surface area contributed by atoms with Crippen LogP contribution in [0.1, 0.15) is 26.7 Å². The number of nitrogens with zero attached hydrogens (tertiary/aromatic N) is 1. The molecule has 1 heterocycles. The maximum atomic E-state index is 11.9. The quantitative estimate of drug-likeness (QED) is 0.622. The second-order valence-corrected chi connectivity index (χ2v) is 6.91. The molecule has 1 fully saturated rings. The lowest BCUT2D eigenvalue weighted by Crippen LogP contribution is -2.49. The molecule has 0 radical (unpaired) electrons. The Morgan fingerprint density at radius 2 is 1.89 bits per heavy atom. The van der Waals surface area contributed by atoms with Gasteiger partial charge in [-0.3, -0.25) is 4.79 Å². The molecule has 0 saturated carbocycles. The molecule has 1 aliphatic heterocycles. The van der Waals surface area contributed by atoms with Crippen LogP contribution in [0, 0.1) is 5.92 Å². The summed E-state index contributed by atoms with van der Waals surface area (Å²) in [5, 5.41) is 18.3. The predicted molar refractivity (Wildman–Crippen MR) is 65.2 cm³/mol. The van der Waals surface area contributed by atoms with Gasteiger partial charge in [0, 0.05) is 19.6 Å². The Hall–Kier alpha value is -0.700. The van der Waals surface area contributed by atoms with Crippen LogP contribution in [0.4, 0.5) is 0 Å². The van der Waals surface area contributed by atoms with Crippen LogP contribution < -0.4 is 4.72 Å². The highest BCUT2D eigenvalue weighted by molar-refractivity contribution is 7.87. The highest BCUT2D eigenvalue weighted by Gasteiger charge is 2.31. The maximum absolute atomic E-state index is 11.9. The first-order valence-corrected chi connectivity index (χ1v) is 7.26. The lowest BCUT2D eigenvalue weighted by atomic mass is 9.99. The Balaban J connectivity index is 2.53. The summed E-state index contributed by atoms with van der Waals surface area (Å²) in [6.45, 7) is 3.32. The van der Waals surface area contributed by atoms with Gasteiger partial charge >= 0.3 is 5.97 Å². The van der Waals surface area contributed by atoms with Crippen LogP contribution in [0.15, 0.2) is 0 Å². The van der Waals surface area contributed by atoms with Crippen molar-refractivity contribution >= 4 is 16.2 Å². The fourth-order valence-corrected chi connectivity index (χ4v) is 3.11. The molecular formula is C10H20N2O5S. The summed E-state index contributed by atoms with van der Waals surface area (Å²) in [5.74, 6) is -1.35. The van der Waals surface area contributed by atoms with E-state index in [0.717, 1.165) is 0 Å². The molecule has 0 aliphatic carbocycles. The van der Waals surface area contributed by atoms with Gasteiger partial charge in [-0.1, -0.05) is 0 Å². The Morgan fingerprint density at radius 1 is 1.39 bits per heavy atom. The highest BCUT2D eigenvalue weighted by atomic mass is 32.2. The summed E-state index contributed by atoms with van der Waals surface area (Å²) in [5.41, 5.74) is -1.12. The van der Waals surface area contributed by atoms with Crippen molar-refractivity contribution in [1.29, 1.82) is 0 Å². The van der Waals surface area contributed by atoms with E-state index in [1.807, 2.05) is 0 Å². The molecular weight excluding hydrogens is 260 g/mol. The Kier molecular flexibility index (Phi) is 4.71. The largest absolute Gasteiger partial charge is 0.481 e. The third-order valence-corrected chi connectivity index (χ3v) is 4.38. The van der Waals surface area contributed by atoms with Crippen molar-refractivity contribution in [3.63, 3.8) is 0 Å². The predicted octanol–water partition coefficient (Wildman–Crippen LogP) is -0.612. The first kappa shape index (κ1) is 15.4. The molecule has 0 unspecified atom stereocenters. The minimum absolute atomic E-state index is 0.0752. The van der Waals surface area contributed by atoms with E-state index >= 15 is 0 Å². The van der Waals surface area contributed by atoms with Crippen molar-refractivity contribution < 1.29 is 23.4 Å². The average molecular weight is 280 g/mol. The molecule has 1 saturated heterocycles. The van der Waals surface area contributed by atoms with E-state index in [1.54, 1.807) is 0 Å². The molecule has 106 valence electrons. The fourth-order valence-electron chi connectivity index (χ4n) is 1.70. The zero-order chi connectivity index (χ0) is 14.0. The van der Waals surface area contributed by atoms with Crippen LogP contribution in [0.25, 0.3) is 0 Å². The molecule has 0 atom stereocenters. The van der Waals surface area contributed by atoms with Crippen molar-refractivity contribution in [3.05, 3.63) is 0 Å². The minimum Gasteiger partial charge on any atom is -0.481 e. The highest BCUT2D eigenvalue weighted by Crippen LogP contribution is 2.19. The number of nitrogens with one attached hydrogen (secondary N) is 1. The van der Waals surface area contributed by atoms with E-state index in [1.165, 1.54) is 18.2 Å². The monoisotopic (exact) mass is 280 g/mol. The molecule has 1 aliphatic rings. The third kappa shape index (κ3) is 4.52. The summed E-state index contributed by atoms with van der Waals surface area (Å²) < 4.78 is 27.3. The van der Waals surface area contributed by atoms with Crippen molar-refractivity contribution in [2.75, 3.05) is 19.6 Å². The van der Waals surface area contributed by atoms with Crippen molar-refractivity contribution in [1.82, 2.24) is 9.03 Å². The lowest BCUT2D eigenvalue weighted by Gasteiger charge is -2.30. The van der Waals surface area contributed by atoms with E-state index in [9.17, 15) is 18.3 Å². The van der Waals surface area contributed by atoms with Gasteiger partial charge in [0.1, 0.15) is 0 Å². The average Bonchev–Trinajstić information content (AvgIpc) is 2.26. The van der Waals surface area contributed by atoms with Gasteiger partial charge in [-0.05, 0) is 26.7 Å². The molecule has 0 amide bonds. The van der Waals surface area contributed by atoms with E-state index in [4.69, 9.17) is 5.11 Å². The van der Waals surface area contributed by atoms with Crippen molar-refractivity contribution in [2.45, 2.75) is 32.3 Å². The Morgan fingerprint density at radius 3 is 2.28 bits per heavy atom. The number of carbonyl (C=O) groups is 1.